The lowest BCUT2D eigenvalue weighted by molar-refractivity contribution is -0.163. The number of carbonyl (C=O) groups excluding carboxylic acids is 3. The summed E-state index contributed by atoms with van der Waals surface area (Å²) in [5.74, 6) is 0.488. The fourth-order valence-corrected chi connectivity index (χ4v) is 5.49. The van der Waals surface area contributed by atoms with E-state index in [4.69, 9.17) is 4.74 Å². The van der Waals surface area contributed by atoms with Crippen molar-refractivity contribution in [2.45, 2.75) is 57.4 Å². The fourth-order valence-electron chi connectivity index (χ4n) is 5.49. The molecule has 1 aromatic rings. The first-order valence-electron chi connectivity index (χ1n) is 11.7. The van der Waals surface area contributed by atoms with E-state index in [0.717, 1.165) is 55.6 Å². The van der Waals surface area contributed by atoms with Crippen LogP contribution in [0.2, 0.25) is 0 Å². The number of imide groups is 1. The number of carbonyl (C=O) groups is 3. The van der Waals surface area contributed by atoms with Crippen LogP contribution in [-0.2, 0) is 20.9 Å². The summed E-state index contributed by atoms with van der Waals surface area (Å²) in [4.78, 5) is 40.0. The van der Waals surface area contributed by atoms with E-state index in [0.29, 0.717) is 37.3 Å². The lowest BCUT2D eigenvalue weighted by Crippen LogP contribution is -2.51. The van der Waals surface area contributed by atoms with Gasteiger partial charge < -0.3 is 9.64 Å². The Morgan fingerprint density at radius 2 is 1.65 bits per heavy atom. The molecule has 4 aliphatic heterocycles. The third-order valence-electron chi connectivity index (χ3n) is 7.33. The molecule has 7 heteroatoms. The van der Waals surface area contributed by atoms with Crippen molar-refractivity contribution in [3.8, 4) is 0 Å². The minimum absolute atomic E-state index is 0.239. The molecule has 4 heterocycles. The quantitative estimate of drug-likeness (QED) is 0.694. The third-order valence-corrected chi connectivity index (χ3v) is 7.33. The molecule has 3 amide bonds. The highest BCUT2D eigenvalue weighted by Gasteiger charge is 2.39. The number of likely N-dealkylation sites (tertiary alicyclic amines) is 1. The minimum atomic E-state index is -0.269. The summed E-state index contributed by atoms with van der Waals surface area (Å²) < 4.78 is 5.48. The van der Waals surface area contributed by atoms with Crippen molar-refractivity contribution in [1.82, 2.24) is 14.9 Å². The molecule has 5 rings (SSSR count). The van der Waals surface area contributed by atoms with Gasteiger partial charge in [0, 0.05) is 38.2 Å². The highest BCUT2D eigenvalue weighted by Crippen LogP contribution is 2.34. The Kier molecular flexibility index (Phi) is 5.80. The smallest absolute Gasteiger partial charge is 0.273 e. The molecule has 0 saturated carbocycles. The second-order valence-electron chi connectivity index (χ2n) is 9.36. The van der Waals surface area contributed by atoms with Crippen LogP contribution in [0.5, 0.6) is 0 Å². The van der Waals surface area contributed by atoms with E-state index >= 15 is 0 Å². The number of hydrazine groups is 1. The van der Waals surface area contributed by atoms with Gasteiger partial charge in [-0.2, -0.15) is 5.01 Å². The summed E-state index contributed by atoms with van der Waals surface area (Å²) in [7, 11) is 0. The first-order valence-corrected chi connectivity index (χ1v) is 11.7. The van der Waals surface area contributed by atoms with Crippen LogP contribution in [0.4, 0.5) is 0 Å². The van der Waals surface area contributed by atoms with Gasteiger partial charge in [-0.25, -0.2) is 5.01 Å². The number of rotatable bonds is 4. The zero-order valence-electron chi connectivity index (χ0n) is 18.1. The molecule has 0 aromatic heterocycles. The maximum Gasteiger partial charge on any atom is 0.273 e. The van der Waals surface area contributed by atoms with Crippen molar-refractivity contribution in [3.63, 3.8) is 0 Å². The Bertz CT molecular complexity index is 856. The number of amides is 3. The van der Waals surface area contributed by atoms with Crippen LogP contribution in [0.15, 0.2) is 18.2 Å². The average Bonchev–Trinajstić information content (AvgIpc) is 3.10. The van der Waals surface area contributed by atoms with Crippen LogP contribution in [0.25, 0.3) is 0 Å². The number of fused-ring (bicyclic) bond motifs is 1. The van der Waals surface area contributed by atoms with Gasteiger partial charge in [0.15, 0.2) is 0 Å². The van der Waals surface area contributed by atoms with Gasteiger partial charge in [-0.3, -0.25) is 14.4 Å². The summed E-state index contributed by atoms with van der Waals surface area (Å²) in [6, 6.07) is 6.09. The van der Waals surface area contributed by atoms with Crippen LogP contribution in [0, 0.1) is 5.92 Å². The van der Waals surface area contributed by atoms with Gasteiger partial charge in [0.2, 0.25) is 11.8 Å². The maximum atomic E-state index is 12.9. The Hall–Kier alpha value is -2.25. The molecule has 0 aliphatic carbocycles. The van der Waals surface area contributed by atoms with E-state index in [2.05, 4.69) is 17.0 Å². The molecule has 0 atom stereocenters. The summed E-state index contributed by atoms with van der Waals surface area (Å²) in [5, 5.41) is 2.43. The standard InChI is InChI=1S/C24H31N3O4/c28-22-2-1-3-23(29)27(22)26-16-20-14-19(4-5-21(20)24(26)30)18-6-10-25(11-7-18)15-17-8-12-31-13-9-17/h4-5,14,17-18H,1-3,6-13,15-16H2. The lowest BCUT2D eigenvalue weighted by Gasteiger charge is -2.35. The average molecular weight is 426 g/mol. The molecule has 0 bridgehead atoms. The van der Waals surface area contributed by atoms with Gasteiger partial charge in [0.25, 0.3) is 5.91 Å². The molecule has 7 nitrogen and oxygen atoms in total. The van der Waals surface area contributed by atoms with Gasteiger partial charge in [-0.15, -0.1) is 0 Å². The monoisotopic (exact) mass is 425 g/mol. The molecular formula is C24H31N3O4. The number of nitrogens with zero attached hydrogens (tertiary/aromatic N) is 3. The minimum Gasteiger partial charge on any atom is -0.381 e. The van der Waals surface area contributed by atoms with Crippen molar-refractivity contribution in [1.29, 1.82) is 0 Å². The molecule has 4 aliphatic rings. The fraction of sp³-hybridized carbons (Fsp3) is 0.625. The predicted molar refractivity (Wildman–Crippen MR) is 114 cm³/mol. The lowest BCUT2D eigenvalue weighted by atomic mass is 9.87. The molecular weight excluding hydrogens is 394 g/mol. The predicted octanol–water partition coefficient (Wildman–Crippen LogP) is 2.70. The molecule has 3 fully saturated rings. The molecule has 166 valence electrons. The van der Waals surface area contributed by atoms with E-state index in [1.807, 2.05) is 6.07 Å². The number of benzene rings is 1. The van der Waals surface area contributed by atoms with E-state index < -0.39 is 0 Å². The Morgan fingerprint density at radius 1 is 0.935 bits per heavy atom. The van der Waals surface area contributed by atoms with Crippen LogP contribution in [0.1, 0.15) is 72.3 Å². The number of ether oxygens (including phenoxy) is 1. The van der Waals surface area contributed by atoms with Gasteiger partial charge in [-0.1, -0.05) is 12.1 Å². The maximum absolute atomic E-state index is 12.9. The zero-order valence-corrected chi connectivity index (χ0v) is 18.1. The first kappa shape index (κ1) is 20.6. The van der Waals surface area contributed by atoms with E-state index in [-0.39, 0.29) is 17.7 Å². The normalized spacial score (nSPS) is 24.2. The van der Waals surface area contributed by atoms with Crippen molar-refractivity contribution in [2.75, 3.05) is 32.8 Å². The molecule has 3 saturated heterocycles. The van der Waals surface area contributed by atoms with Crippen molar-refractivity contribution in [2.24, 2.45) is 5.92 Å². The van der Waals surface area contributed by atoms with Gasteiger partial charge in [0.1, 0.15) is 0 Å². The van der Waals surface area contributed by atoms with Crippen LogP contribution in [0.3, 0.4) is 0 Å². The molecule has 0 radical (unpaired) electrons. The highest BCUT2D eigenvalue weighted by molar-refractivity contribution is 6.04. The summed E-state index contributed by atoms with van der Waals surface area (Å²) in [6.07, 6.45) is 5.83. The Morgan fingerprint density at radius 3 is 2.35 bits per heavy atom. The number of hydrogen-bond donors (Lipinski definition) is 0. The zero-order chi connectivity index (χ0) is 21.4. The Labute approximate surface area is 183 Å². The van der Waals surface area contributed by atoms with E-state index in [9.17, 15) is 14.4 Å². The summed E-state index contributed by atoms with van der Waals surface area (Å²) >= 11 is 0. The summed E-state index contributed by atoms with van der Waals surface area (Å²) in [6.45, 7) is 5.52. The molecule has 31 heavy (non-hydrogen) atoms. The van der Waals surface area contributed by atoms with Crippen LogP contribution < -0.4 is 0 Å². The number of hydrogen-bond acceptors (Lipinski definition) is 5. The second-order valence-corrected chi connectivity index (χ2v) is 9.36. The van der Waals surface area contributed by atoms with E-state index in [1.54, 1.807) is 0 Å². The SMILES string of the molecule is O=C1c2ccc(C3CCN(CC4CCOCC4)CC3)cc2CN1N1C(=O)CCCC1=O. The van der Waals surface area contributed by atoms with E-state index in [1.165, 1.54) is 30.0 Å². The first-order chi connectivity index (χ1) is 15.1. The molecule has 0 unspecified atom stereocenters. The van der Waals surface area contributed by atoms with Crippen LogP contribution >= 0.6 is 0 Å². The highest BCUT2D eigenvalue weighted by atomic mass is 16.5. The largest absolute Gasteiger partial charge is 0.381 e. The Balaban J connectivity index is 1.22. The van der Waals surface area contributed by atoms with Crippen LogP contribution in [-0.4, -0.2) is 65.5 Å². The molecule has 1 aromatic carbocycles. The van der Waals surface area contributed by atoms with Crippen molar-refractivity contribution >= 4 is 17.7 Å². The molecule has 0 spiro atoms. The second kappa shape index (κ2) is 8.71. The van der Waals surface area contributed by atoms with Crippen molar-refractivity contribution in [3.05, 3.63) is 34.9 Å². The van der Waals surface area contributed by atoms with Gasteiger partial charge >= 0.3 is 0 Å². The van der Waals surface area contributed by atoms with Gasteiger partial charge in [-0.05, 0) is 74.2 Å². The van der Waals surface area contributed by atoms with Crippen molar-refractivity contribution < 1.29 is 19.1 Å². The summed E-state index contributed by atoms with van der Waals surface area (Å²) in [5.41, 5.74) is 2.82. The topological polar surface area (TPSA) is 70.2 Å². The number of piperidine rings is 2. The third kappa shape index (κ3) is 4.13. The molecule has 0 N–H and O–H groups in total. The van der Waals surface area contributed by atoms with Gasteiger partial charge in [0.05, 0.1) is 6.54 Å².